The van der Waals surface area contributed by atoms with Crippen molar-refractivity contribution in [1.29, 1.82) is 0 Å². The molecule has 0 fully saturated rings. The van der Waals surface area contributed by atoms with Gasteiger partial charge in [0.2, 0.25) is 0 Å². The zero-order valence-corrected chi connectivity index (χ0v) is 25.0. The van der Waals surface area contributed by atoms with Crippen molar-refractivity contribution in [2.75, 3.05) is 13.1 Å². The molecule has 0 rings (SSSR count). The summed E-state index contributed by atoms with van der Waals surface area (Å²) < 4.78 is 48.8. The van der Waals surface area contributed by atoms with Gasteiger partial charge in [-0.15, -0.1) is 0 Å². The van der Waals surface area contributed by atoms with E-state index < -0.39 is 31.1 Å². The average molecular weight is 546 g/mol. The third-order valence-electron chi connectivity index (χ3n) is 6.99. The predicted octanol–water partition coefficient (Wildman–Crippen LogP) is 9.62. The van der Waals surface area contributed by atoms with Crippen molar-refractivity contribution in [3.05, 3.63) is 0 Å². The second kappa shape index (κ2) is 30.4. The minimum absolute atomic E-state index is 0.102. The highest BCUT2D eigenvalue weighted by Gasteiger charge is 2.12. The lowest BCUT2D eigenvalue weighted by Crippen LogP contribution is -2.25. The van der Waals surface area contributed by atoms with Gasteiger partial charge in [0.05, 0.1) is 6.85 Å². The number of hydrogen-bond donors (Lipinski definition) is 1. The van der Waals surface area contributed by atoms with Gasteiger partial charge in [-0.05, 0) is 12.8 Å². The van der Waals surface area contributed by atoms with E-state index in [1.54, 1.807) is 0 Å². The van der Waals surface area contributed by atoms with Crippen LogP contribution in [0.25, 0.3) is 0 Å². The van der Waals surface area contributed by atoms with Crippen molar-refractivity contribution in [2.24, 2.45) is 0 Å². The van der Waals surface area contributed by atoms with Crippen LogP contribution in [0.4, 0.5) is 0 Å². The van der Waals surface area contributed by atoms with E-state index in [0.29, 0.717) is 12.8 Å². The summed E-state index contributed by atoms with van der Waals surface area (Å²) in [6.45, 7) is -2.40. The van der Waals surface area contributed by atoms with Gasteiger partial charge in [0.15, 0.2) is 0 Å². The fraction of sp³-hybridized carbons (Fsp3) is 0.939. The summed E-state index contributed by atoms with van der Waals surface area (Å²) in [7, 11) is 0. The zero-order valence-electron chi connectivity index (χ0n) is 30.0. The van der Waals surface area contributed by atoms with Gasteiger partial charge in [0, 0.05) is 12.8 Å². The molecule has 5 heteroatoms. The summed E-state index contributed by atoms with van der Waals surface area (Å²) in [4.78, 5) is 24.4. The van der Waals surface area contributed by atoms with Crippen LogP contribution in [0.5, 0.6) is 0 Å². The maximum absolute atomic E-state index is 12.2. The van der Waals surface area contributed by atoms with Gasteiger partial charge in [0.25, 0.3) is 0 Å². The molecule has 0 unspecified atom stereocenters. The first-order valence-electron chi connectivity index (χ1n) is 18.6. The minimum atomic E-state index is -3.64. The first-order valence-corrected chi connectivity index (χ1v) is 16.1. The lowest BCUT2D eigenvalue weighted by atomic mass is 10.0. The molecule has 0 radical (unpaired) electrons. The Hall–Kier alpha value is -1.10. The number of carbonyl (C=O) groups excluding carboxylic acids is 2. The lowest BCUT2D eigenvalue weighted by molar-refractivity contribution is -0.152. The number of hydrogen-bond acceptors (Lipinski definition) is 5. The van der Waals surface area contributed by atoms with Crippen LogP contribution >= 0.6 is 0 Å². The summed E-state index contributed by atoms with van der Waals surface area (Å²) in [6.07, 6.45) is 22.9. The molecule has 0 heterocycles. The molecule has 1 N–H and O–H groups in total. The number of esters is 2. The summed E-state index contributed by atoms with van der Waals surface area (Å²) in [5, 5.41) is 10.4. The van der Waals surface area contributed by atoms with E-state index in [1.807, 2.05) is 0 Å². The molecule has 0 aliphatic carbocycles. The van der Waals surface area contributed by atoms with Gasteiger partial charge < -0.3 is 14.6 Å². The molecule has 0 saturated heterocycles. The Kier molecular flexibility index (Phi) is 22.8. The molecule has 0 aromatic heterocycles. The monoisotopic (exact) mass is 546 g/mol. The molecule has 0 amide bonds. The minimum Gasteiger partial charge on any atom is -0.463 e. The van der Waals surface area contributed by atoms with Crippen molar-refractivity contribution in [3.63, 3.8) is 0 Å². The highest BCUT2D eigenvalue weighted by atomic mass is 16.6. The first kappa shape index (κ1) is 28.4. The molecule has 226 valence electrons. The van der Waals surface area contributed by atoms with Crippen LogP contribution in [0.3, 0.4) is 0 Å². The van der Waals surface area contributed by atoms with E-state index in [4.69, 9.17) is 6.85 Å². The van der Waals surface area contributed by atoms with Gasteiger partial charge in [-0.25, -0.2) is 0 Å². The fourth-order valence-electron chi connectivity index (χ4n) is 4.55. The second-order valence-electron chi connectivity index (χ2n) is 10.8. The van der Waals surface area contributed by atoms with Gasteiger partial charge in [-0.2, -0.15) is 0 Å². The SMILES string of the molecule is [2H]C([2H])(OC(=O)CCCCCCCCCCCCCC)C([2H])(O)C([2H])([2H])OC(=O)CCCCCCCCCCCCCC. The van der Waals surface area contributed by atoms with Gasteiger partial charge in [0.1, 0.15) is 19.2 Å². The third kappa shape index (κ3) is 29.5. The fourth-order valence-corrected chi connectivity index (χ4v) is 4.55. The highest BCUT2D eigenvalue weighted by molar-refractivity contribution is 5.69. The molecular weight excluding hydrogens is 476 g/mol. The van der Waals surface area contributed by atoms with Crippen LogP contribution in [0.2, 0.25) is 0 Å². The molecule has 0 bridgehead atoms. The zero-order chi connectivity index (χ0) is 32.5. The van der Waals surface area contributed by atoms with Crippen molar-refractivity contribution in [1.82, 2.24) is 0 Å². The molecular formula is C33H64O5. The van der Waals surface area contributed by atoms with E-state index in [1.165, 1.54) is 89.9 Å². The van der Waals surface area contributed by atoms with Crippen molar-refractivity contribution >= 4 is 11.9 Å². The summed E-state index contributed by atoms with van der Waals surface area (Å²) in [6, 6.07) is 0. The molecule has 0 spiro atoms. The van der Waals surface area contributed by atoms with Crippen LogP contribution in [-0.4, -0.2) is 36.2 Å². The number of unbranched alkanes of at least 4 members (excludes halogenated alkanes) is 22. The van der Waals surface area contributed by atoms with Crippen LogP contribution in [0.1, 0.15) is 188 Å². The van der Waals surface area contributed by atoms with Crippen LogP contribution < -0.4 is 0 Å². The van der Waals surface area contributed by atoms with Gasteiger partial charge in [-0.1, -0.05) is 155 Å². The summed E-state index contributed by atoms with van der Waals surface area (Å²) >= 11 is 0. The maximum atomic E-state index is 12.2. The van der Waals surface area contributed by atoms with Crippen molar-refractivity contribution < 1.29 is 31.0 Å². The molecule has 0 aromatic rings. The molecule has 38 heavy (non-hydrogen) atoms. The van der Waals surface area contributed by atoms with E-state index in [-0.39, 0.29) is 12.8 Å². The summed E-state index contributed by atoms with van der Waals surface area (Å²) in [5.41, 5.74) is 0. The van der Waals surface area contributed by atoms with Crippen LogP contribution in [0.15, 0.2) is 0 Å². The number of rotatable bonds is 30. The Bertz CT molecular complexity index is 647. The Balaban J connectivity index is 4.15. The smallest absolute Gasteiger partial charge is 0.305 e. The predicted molar refractivity (Wildman–Crippen MR) is 159 cm³/mol. The molecule has 0 aromatic carbocycles. The van der Waals surface area contributed by atoms with Crippen LogP contribution in [-0.2, 0) is 19.1 Å². The standard InChI is InChI=1S/C33H64O5/c1-3-5-7-9-11-13-15-17-19-21-23-25-27-32(35)37-29-31(34)30-38-33(36)28-26-24-22-20-18-16-14-12-10-8-6-4-2/h31,34H,3-30H2,1-2H3/i29D2,30D2,31D. The van der Waals surface area contributed by atoms with Crippen molar-refractivity contribution in [2.45, 2.75) is 187 Å². The van der Waals surface area contributed by atoms with E-state index in [9.17, 15) is 14.7 Å². The Morgan fingerprint density at radius 2 is 0.763 bits per heavy atom. The molecule has 5 nitrogen and oxygen atoms in total. The lowest BCUT2D eigenvalue weighted by Gasteiger charge is -2.12. The number of carbonyl (C=O) groups is 2. The van der Waals surface area contributed by atoms with Crippen LogP contribution in [0, 0.1) is 0 Å². The molecule has 0 atom stereocenters. The Labute approximate surface area is 243 Å². The van der Waals surface area contributed by atoms with Crippen molar-refractivity contribution in [3.8, 4) is 0 Å². The average Bonchev–Trinajstić information content (AvgIpc) is 2.93. The molecule has 0 saturated carbocycles. The largest absolute Gasteiger partial charge is 0.463 e. The molecule has 0 aliphatic heterocycles. The maximum Gasteiger partial charge on any atom is 0.305 e. The highest BCUT2D eigenvalue weighted by Crippen LogP contribution is 2.14. The molecule has 0 aliphatic rings. The number of aliphatic hydroxyl groups is 1. The van der Waals surface area contributed by atoms with E-state index >= 15 is 0 Å². The van der Waals surface area contributed by atoms with Gasteiger partial charge in [-0.3, -0.25) is 9.59 Å². The summed E-state index contributed by atoms with van der Waals surface area (Å²) in [5.74, 6) is -1.94. The first-order chi connectivity index (χ1) is 20.4. The normalized spacial score (nSPS) is 14.2. The third-order valence-corrected chi connectivity index (χ3v) is 6.99. The Morgan fingerprint density at radius 1 is 0.526 bits per heavy atom. The number of ether oxygens (including phenoxy) is 2. The Morgan fingerprint density at radius 3 is 1.03 bits per heavy atom. The quantitative estimate of drug-likeness (QED) is 0.0718. The van der Waals surface area contributed by atoms with E-state index in [2.05, 4.69) is 23.3 Å². The van der Waals surface area contributed by atoms with E-state index in [0.717, 1.165) is 51.4 Å². The second-order valence-corrected chi connectivity index (χ2v) is 10.8. The topological polar surface area (TPSA) is 72.8 Å². The van der Waals surface area contributed by atoms with Gasteiger partial charge >= 0.3 is 11.9 Å².